The molecule has 30 heavy (non-hydrogen) atoms. The Morgan fingerprint density at radius 2 is 1.70 bits per heavy atom. The van der Waals surface area contributed by atoms with Crippen molar-refractivity contribution in [2.45, 2.75) is 19.1 Å². The maximum absolute atomic E-state index is 13.3. The van der Waals surface area contributed by atoms with Crippen LogP contribution in [0.25, 0.3) is 0 Å². The van der Waals surface area contributed by atoms with Gasteiger partial charge in [-0.25, -0.2) is 0 Å². The summed E-state index contributed by atoms with van der Waals surface area (Å²) < 4.78 is 5.22. The van der Waals surface area contributed by atoms with Crippen LogP contribution in [0.15, 0.2) is 71.3 Å². The van der Waals surface area contributed by atoms with Crippen molar-refractivity contribution in [2.24, 2.45) is 0 Å². The van der Waals surface area contributed by atoms with Gasteiger partial charge in [-0.3, -0.25) is 19.3 Å². The Morgan fingerprint density at radius 1 is 0.933 bits per heavy atom. The fourth-order valence-corrected chi connectivity index (χ4v) is 4.11. The molecule has 3 heterocycles. The molecule has 150 valence electrons. The minimum absolute atomic E-state index is 0.120. The van der Waals surface area contributed by atoms with Gasteiger partial charge in [-0.05, 0) is 30.3 Å². The summed E-state index contributed by atoms with van der Waals surface area (Å²) >= 11 is 0. The van der Waals surface area contributed by atoms with Crippen LogP contribution in [0.2, 0.25) is 0 Å². The van der Waals surface area contributed by atoms with Crippen LogP contribution in [0.4, 0.5) is 5.69 Å². The van der Waals surface area contributed by atoms with Crippen molar-refractivity contribution >= 4 is 23.4 Å². The molecule has 0 fully saturated rings. The number of nitrogens with one attached hydrogen (secondary N) is 1. The molecule has 1 N–H and O–H groups in total. The molecule has 0 radical (unpaired) electrons. The first-order chi connectivity index (χ1) is 14.6. The van der Waals surface area contributed by atoms with Gasteiger partial charge in [0.25, 0.3) is 11.8 Å². The number of amides is 3. The molecule has 2 aliphatic heterocycles. The number of anilines is 1. The van der Waals surface area contributed by atoms with E-state index < -0.39 is 6.17 Å². The highest BCUT2D eigenvalue weighted by Gasteiger charge is 2.47. The van der Waals surface area contributed by atoms with Crippen molar-refractivity contribution in [3.63, 3.8) is 0 Å². The monoisotopic (exact) mass is 401 g/mol. The summed E-state index contributed by atoms with van der Waals surface area (Å²) in [6.45, 7) is 0.486. The second-order valence-electron chi connectivity index (χ2n) is 7.26. The second-order valence-corrected chi connectivity index (χ2v) is 7.26. The van der Waals surface area contributed by atoms with Crippen molar-refractivity contribution in [3.05, 3.63) is 89.4 Å². The minimum Gasteiger partial charge on any atom is -0.467 e. The Balaban J connectivity index is 1.42. The van der Waals surface area contributed by atoms with Gasteiger partial charge in [0.1, 0.15) is 11.9 Å². The molecule has 1 atom stereocenters. The number of hydrogen-bond acceptors (Lipinski definition) is 4. The lowest BCUT2D eigenvalue weighted by Gasteiger charge is -2.40. The van der Waals surface area contributed by atoms with Crippen molar-refractivity contribution in [1.82, 2.24) is 10.2 Å². The van der Waals surface area contributed by atoms with Gasteiger partial charge < -0.3 is 14.6 Å². The smallest absolute Gasteiger partial charge is 0.260 e. The molecule has 0 saturated carbocycles. The highest BCUT2D eigenvalue weighted by Crippen LogP contribution is 2.45. The average Bonchev–Trinajstić information content (AvgIpc) is 3.39. The summed E-state index contributed by atoms with van der Waals surface area (Å²) in [7, 11) is 0. The number of nitrogens with zero attached hydrogens (tertiary/aromatic N) is 2. The van der Waals surface area contributed by atoms with Crippen LogP contribution >= 0.6 is 0 Å². The zero-order chi connectivity index (χ0) is 20.7. The van der Waals surface area contributed by atoms with Crippen LogP contribution in [0, 0.1) is 0 Å². The van der Waals surface area contributed by atoms with E-state index in [1.165, 1.54) is 0 Å². The summed E-state index contributed by atoms with van der Waals surface area (Å²) in [5, 5.41) is 2.80. The van der Waals surface area contributed by atoms with Gasteiger partial charge in [0.2, 0.25) is 5.91 Å². The number of carbonyl (C=O) groups excluding carboxylic acids is 3. The topological polar surface area (TPSA) is 82.9 Å². The normalized spacial score (nSPS) is 16.9. The number of carbonyl (C=O) groups is 3. The standard InChI is InChI=1S/C23H19N3O4/c27-20(24-14-15-6-5-13-30-15)11-12-25-21-16-7-1-2-8-17(16)23(29)26(21)19-10-4-3-9-18(19)22(25)28/h1-10,13,21H,11-12,14H2,(H,24,27). The SMILES string of the molecule is O=C(CCN1C(=O)c2ccccc2N2C(=O)c3ccccc3C12)NCc1ccco1. The van der Waals surface area contributed by atoms with E-state index >= 15 is 0 Å². The maximum Gasteiger partial charge on any atom is 0.260 e. The second kappa shape index (κ2) is 7.18. The van der Waals surface area contributed by atoms with E-state index in [0.29, 0.717) is 29.1 Å². The van der Waals surface area contributed by atoms with Crippen LogP contribution in [0.3, 0.4) is 0 Å². The van der Waals surface area contributed by atoms with Crippen molar-refractivity contribution in [3.8, 4) is 0 Å². The zero-order valence-electron chi connectivity index (χ0n) is 16.1. The third kappa shape index (κ3) is 2.86. The summed E-state index contributed by atoms with van der Waals surface area (Å²) in [6.07, 6.45) is 1.12. The Hall–Kier alpha value is -3.87. The Morgan fingerprint density at radius 3 is 2.50 bits per heavy atom. The Kier molecular flexibility index (Phi) is 4.35. The molecule has 5 rings (SSSR count). The fraction of sp³-hybridized carbons (Fsp3) is 0.174. The molecular weight excluding hydrogens is 382 g/mol. The van der Waals surface area contributed by atoms with Crippen LogP contribution in [-0.2, 0) is 11.3 Å². The Bertz CT molecular complexity index is 1140. The van der Waals surface area contributed by atoms with E-state index in [0.717, 1.165) is 5.56 Å². The number of furan rings is 1. The van der Waals surface area contributed by atoms with E-state index in [9.17, 15) is 14.4 Å². The summed E-state index contributed by atoms with van der Waals surface area (Å²) in [6, 6.07) is 17.9. The number of rotatable bonds is 5. The highest BCUT2D eigenvalue weighted by atomic mass is 16.3. The molecule has 7 heteroatoms. The van der Waals surface area contributed by atoms with Crippen molar-refractivity contribution < 1.29 is 18.8 Å². The van der Waals surface area contributed by atoms with Gasteiger partial charge in [0.15, 0.2) is 0 Å². The van der Waals surface area contributed by atoms with Crippen LogP contribution in [0.5, 0.6) is 0 Å². The molecule has 2 aliphatic rings. The number of hydrogen-bond donors (Lipinski definition) is 1. The predicted molar refractivity (Wildman–Crippen MR) is 109 cm³/mol. The van der Waals surface area contributed by atoms with E-state index in [-0.39, 0.29) is 30.7 Å². The van der Waals surface area contributed by atoms with E-state index in [4.69, 9.17) is 4.42 Å². The third-order valence-electron chi connectivity index (χ3n) is 5.50. The van der Waals surface area contributed by atoms with Crippen LogP contribution in [0.1, 0.15) is 44.6 Å². The van der Waals surface area contributed by atoms with E-state index in [1.807, 2.05) is 24.3 Å². The van der Waals surface area contributed by atoms with Gasteiger partial charge in [-0.15, -0.1) is 0 Å². The first-order valence-corrected chi connectivity index (χ1v) is 9.77. The molecule has 3 aromatic rings. The minimum atomic E-state index is -0.547. The molecule has 0 saturated heterocycles. The third-order valence-corrected chi connectivity index (χ3v) is 5.50. The summed E-state index contributed by atoms with van der Waals surface area (Å²) in [4.78, 5) is 42.0. The summed E-state index contributed by atoms with van der Waals surface area (Å²) in [5.41, 5.74) is 2.43. The lowest BCUT2D eigenvalue weighted by Crippen LogP contribution is -2.49. The number of benzene rings is 2. The van der Waals surface area contributed by atoms with Gasteiger partial charge >= 0.3 is 0 Å². The molecule has 0 bridgehead atoms. The molecular formula is C23H19N3O4. The molecule has 2 aromatic carbocycles. The summed E-state index contributed by atoms with van der Waals surface area (Å²) in [5.74, 6) is 0.146. The quantitative estimate of drug-likeness (QED) is 0.712. The van der Waals surface area contributed by atoms with Gasteiger partial charge in [-0.1, -0.05) is 30.3 Å². The van der Waals surface area contributed by atoms with E-state index in [2.05, 4.69) is 5.32 Å². The zero-order valence-corrected chi connectivity index (χ0v) is 16.1. The fourth-order valence-electron chi connectivity index (χ4n) is 4.11. The highest BCUT2D eigenvalue weighted by molar-refractivity contribution is 6.16. The first kappa shape index (κ1) is 18.2. The van der Waals surface area contributed by atoms with Crippen LogP contribution in [-0.4, -0.2) is 29.2 Å². The van der Waals surface area contributed by atoms with Gasteiger partial charge in [0, 0.05) is 24.1 Å². The molecule has 3 amide bonds. The predicted octanol–water partition coefficient (Wildman–Crippen LogP) is 3.10. The largest absolute Gasteiger partial charge is 0.467 e. The van der Waals surface area contributed by atoms with E-state index in [1.54, 1.807) is 52.5 Å². The van der Waals surface area contributed by atoms with Gasteiger partial charge in [-0.2, -0.15) is 0 Å². The first-order valence-electron chi connectivity index (χ1n) is 9.77. The average molecular weight is 401 g/mol. The molecule has 1 unspecified atom stereocenters. The molecule has 0 aliphatic carbocycles. The Labute approximate surface area is 172 Å². The van der Waals surface area contributed by atoms with Crippen LogP contribution < -0.4 is 10.2 Å². The lowest BCUT2D eigenvalue weighted by atomic mass is 10.0. The number of para-hydroxylation sites is 1. The molecule has 1 aromatic heterocycles. The van der Waals surface area contributed by atoms with Gasteiger partial charge in [0.05, 0.1) is 24.1 Å². The lowest BCUT2D eigenvalue weighted by molar-refractivity contribution is -0.121. The molecule has 0 spiro atoms. The number of fused-ring (bicyclic) bond motifs is 5. The molecule has 7 nitrogen and oxygen atoms in total. The van der Waals surface area contributed by atoms with Crippen molar-refractivity contribution in [1.29, 1.82) is 0 Å². The maximum atomic E-state index is 13.3. The van der Waals surface area contributed by atoms with Crippen molar-refractivity contribution in [2.75, 3.05) is 11.4 Å².